The molecule has 1 aliphatic rings. The molecule has 1 N–H and O–H groups in total. The second kappa shape index (κ2) is 6.06. The van der Waals surface area contributed by atoms with E-state index in [1.807, 2.05) is 11.0 Å². The van der Waals surface area contributed by atoms with E-state index >= 15 is 0 Å². The minimum absolute atomic E-state index is 0.0171. The third-order valence-corrected chi connectivity index (χ3v) is 3.84. The lowest BCUT2D eigenvalue weighted by atomic mass is 9.99. The quantitative estimate of drug-likeness (QED) is 0.864. The molecule has 1 unspecified atom stereocenters. The molecule has 0 aliphatic carbocycles. The van der Waals surface area contributed by atoms with E-state index in [2.05, 4.69) is 5.32 Å². The topological polar surface area (TPSA) is 49.4 Å². The standard InChI is InChI=1S/C14H17ClN2O2/c1-16-14(19)13-6-2-3-8-17(13)12-7-4-5-11(15)10(12)9-18/h4-5,7,9,13H,2-3,6,8H2,1H3,(H,16,19). The van der Waals surface area contributed by atoms with Crippen molar-refractivity contribution in [1.82, 2.24) is 5.32 Å². The highest BCUT2D eigenvalue weighted by atomic mass is 35.5. The molecule has 1 heterocycles. The maximum Gasteiger partial charge on any atom is 0.242 e. The molecule has 1 amide bonds. The Morgan fingerprint density at radius 1 is 1.47 bits per heavy atom. The Kier molecular flexibility index (Phi) is 4.43. The predicted molar refractivity (Wildman–Crippen MR) is 75.9 cm³/mol. The zero-order chi connectivity index (χ0) is 13.8. The molecule has 0 saturated carbocycles. The minimum Gasteiger partial charge on any atom is -0.359 e. The first-order valence-electron chi connectivity index (χ1n) is 6.41. The molecule has 19 heavy (non-hydrogen) atoms. The Labute approximate surface area is 117 Å². The summed E-state index contributed by atoms with van der Waals surface area (Å²) in [7, 11) is 1.63. The summed E-state index contributed by atoms with van der Waals surface area (Å²) in [4.78, 5) is 25.2. The molecule has 1 aromatic carbocycles. The van der Waals surface area contributed by atoms with Crippen molar-refractivity contribution in [2.24, 2.45) is 0 Å². The number of carbonyl (C=O) groups is 2. The fourth-order valence-corrected chi connectivity index (χ4v) is 2.77. The highest BCUT2D eigenvalue weighted by Crippen LogP contribution is 2.31. The number of hydrogen-bond donors (Lipinski definition) is 1. The molecule has 1 fully saturated rings. The van der Waals surface area contributed by atoms with Gasteiger partial charge in [-0.05, 0) is 31.4 Å². The third-order valence-electron chi connectivity index (χ3n) is 3.51. The first-order valence-corrected chi connectivity index (χ1v) is 6.78. The van der Waals surface area contributed by atoms with Gasteiger partial charge in [-0.1, -0.05) is 17.7 Å². The van der Waals surface area contributed by atoms with Crippen LogP contribution < -0.4 is 10.2 Å². The Hall–Kier alpha value is -1.55. The predicted octanol–water partition coefficient (Wildman–Crippen LogP) is 2.26. The number of anilines is 1. The maximum absolute atomic E-state index is 12.0. The molecule has 1 aromatic rings. The van der Waals surface area contributed by atoms with E-state index in [9.17, 15) is 9.59 Å². The maximum atomic E-state index is 12.0. The van der Waals surface area contributed by atoms with Crippen LogP contribution in [0.3, 0.4) is 0 Å². The summed E-state index contributed by atoms with van der Waals surface area (Å²) in [5.74, 6) is -0.0171. The van der Waals surface area contributed by atoms with Crippen molar-refractivity contribution in [2.45, 2.75) is 25.3 Å². The molecular weight excluding hydrogens is 264 g/mol. The van der Waals surface area contributed by atoms with Gasteiger partial charge in [0.2, 0.25) is 5.91 Å². The molecule has 102 valence electrons. The lowest BCUT2D eigenvalue weighted by Crippen LogP contribution is -2.49. The van der Waals surface area contributed by atoms with Crippen LogP contribution in [0.15, 0.2) is 18.2 Å². The molecule has 1 saturated heterocycles. The Morgan fingerprint density at radius 2 is 2.26 bits per heavy atom. The summed E-state index contributed by atoms with van der Waals surface area (Å²) in [5, 5.41) is 3.11. The number of nitrogens with one attached hydrogen (secondary N) is 1. The summed E-state index contributed by atoms with van der Waals surface area (Å²) < 4.78 is 0. The smallest absolute Gasteiger partial charge is 0.242 e. The van der Waals surface area contributed by atoms with Gasteiger partial charge in [0.15, 0.2) is 6.29 Å². The lowest BCUT2D eigenvalue weighted by molar-refractivity contribution is -0.122. The number of carbonyl (C=O) groups excluding carboxylic acids is 2. The lowest BCUT2D eigenvalue weighted by Gasteiger charge is -2.37. The van der Waals surface area contributed by atoms with Crippen LogP contribution in [0.2, 0.25) is 5.02 Å². The van der Waals surface area contributed by atoms with Crippen LogP contribution >= 0.6 is 11.6 Å². The van der Waals surface area contributed by atoms with E-state index in [-0.39, 0.29) is 11.9 Å². The first kappa shape index (κ1) is 13.9. The van der Waals surface area contributed by atoms with E-state index in [0.717, 1.165) is 37.8 Å². The molecule has 5 heteroatoms. The van der Waals surface area contributed by atoms with Crippen molar-refractivity contribution in [2.75, 3.05) is 18.5 Å². The fourth-order valence-electron chi connectivity index (χ4n) is 2.55. The zero-order valence-electron chi connectivity index (χ0n) is 10.9. The number of benzene rings is 1. The third kappa shape index (κ3) is 2.73. The molecule has 0 radical (unpaired) electrons. The largest absolute Gasteiger partial charge is 0.359 e. The van der Waals surface area contributed by atoms with E-state index in [1.165, 1.54) is 0 Å². The Morgan fingerprint density at radius 3 is 2.95 bits per heavy atom. The summed E-state index contributed by atoms with van der Waals surface area (Å²) >= 11 is 6.05. The average Bonchev–Trinajstić information content (AvgIpc) is 2.46. The van der Waals surface area contributed by atoms with Crippen molar-refractivity contribution in [3.63, 3.8) is 0 Å². The molecular formula is C14H17ClN2O2. The highest BCUT2D eigenvalue weighted by Gasteiger charge is 2.29. The Bertz CT molecular complexity index is 490. The Balaban J connectivity index is 2.40. The molecule has 0 spiro atoms. The summed E-state index contributed by atoms with van der Waals surface area (Å²) in [6.45, 7) is 0.763. The normalized spacial score (nSPS) is 19.1. The van der Waals surface area contributed by atoms with Crippen molar-refractivity contribution in [3.05, 3.63) is 28.8 Å². The van der Waals surface area contributed by atoms with E-state index in [0.29, 0.717) is 10.6 Å². The summed E-state index contributed by atoms with van der Waals surface area (Å²) in [6.07, 6.45) is 3.58. The van der Waals surface area contributed by atoms with Crippen LogP contribution in [-0.4, -0.2) is 31.8 Å². The van der Waals surface area contributed by atoms with Crippen molar-refractivity contribution >= 4 is 29.5 Å². The number of hydrogen-bond acceptors (Lipinski definition) is 3. The average molecular weight is 281 g/mol. The summed E-state index contributed by atoms with van der Waals surface area (Å²) in [6, 6.07) is 5.11. The second-order valence-corrected chi connectivity index (χ2v) is 5.02. The van der Waals surface area contributed by atoms with Gasteiger partial charge in [-0.3, -0.25) is 9.59 Å². The molecule has 0 aromatic heterocycles. The number of piperidine rings is 1. The first-order chi connectivity index (χ1) is 9.19. The van der Waals surface area contributed by atoms with Crippen LogP contribution in [0, 0.1) is 0 Å². The molecule has 0 bridgehead atoms. The van der Waals surface area contributed by atoms with Crippen molar-refractivity contribution in [3.8, 4) is 0 Å². The second-order valence-electron chi connectivity index (χ2n) is 4.61. The van der Waals surface area contributed by atoms with Gasteiger partial charge in [0.25, 0.3) is 0 Å². The number of rotatable bonds is 3. The molecule has 1 atom stereocenters. The SMILES string of the molecule is CNC(=O)C1CCCCN1c1cccc(Cl)c1C=O. The fraction of sp³-hybridized carbons (Fsp3) is 0.429. The van der Waals surface area contributed by atoms with Crippen LogP contribution in [0.4, 0.5) is 5.69 Å². The number of likely N-dealkylation sites (N-methyl/N-ethyl adjacent to an activating group) is 1. The number of aldehydes is 1. The minimum atomic E-state index is -0.226. The number of nitrogens with zero attached hydrogens (tertiary/aromatic N) is 1. The van der Waals surface area contributed by atoms with Gasteiger partial charge in [-0.25, -0.2) is 0 Å². The van der Waals surface area contributed by atoms with Crippen LogP contribution in [0.1, 0.15) is 29.6 Å². The van der Waals surface area contributed by atoms with Crippen LogP contribution in [0.5, 0.6) is 0 Å². The van der Waals surface area contributed by atoms with E-state index < -0.39 is 0 Å². The number of halogens is 1. The number of amides is 1. The monoisotopic (exact) mass is 280 g/mol. The van der Waals surface area contributed by atoms with Crippen LogP contribution in [0.25, 0.3) is 0 Å². The van der Waals surface area contributed by atoms with Crippen molar-refractivity contribution in [1.29, 1.82) is 0 Å². The van der Waals surface area contributed by atoms with Gasteiger partial charge in [0.05, 0.1) is 10.6 Å². The van der Waals surface area contributed by atoms with E-state index in [4.69, 9.17) is 11.6 Å². The van der Waals surface area contributed by atoms with Crippen molar-refractivity contribution < 1.29 is 9.59 Å². The van der Waals surface area contributed by atoms with Gasteiger partial charge >= 0.3 is 0 Å². The van der Waals surface area contributed by atoms with Crippen LogP contribution in [-0.2, 0) is 4.79 Å². The van der Waals surface area contributed by atoms with Gasteiger partial charge < -0.3 is 10.2 Å². The highest BCUT2D eigenvalue weighted by molar-refractivity contribution is 6.33. The summed E-state index contributed by atoms with van der Waals surface area (Å²) in [5.41, 5.74) is 1.20. The van der Waals surface area contributed by atoms with Gasteiger partial charge in [0.1, 0.15) is 6.04 Å². The molecule has 1 aliphatic heterocycles. The molecule has 2 rings (SSSR count). The zero-order valence-corrected chi connectivity index (χ0v) is 11.6. The van der Waals surface area contributed by atoms with Gasteiger partial charge in [-0.2, -0.15) is 0 Å². The molecule has 4 nitrogen and oxygen atoms in total. The van der Waals surface area contributed by atoms with E-state index in [1.54, 1.807) is 19.2 Å². The van der Waals surface area contributed by atoms with Gasteiger partial charge in [0, 0.05) is 19.3 Å². The van der Waals surface area contributed by atoms with Gasteiger partial charge in [-0.15, -0.1) is 0 Å².